The van der Waals surface area contributed by atoms with Gasteiger partial charge in [0.1, 0.15) is 0 Å². The topological polar surface area (TPSA) is 79.4 Å². The van der Waals surface area contributed by atoms with Crippen LogP contribution in [0.1, 0.15) is 56.0 Å². The second-order valence-corrected chi connectivity index (χ2v) is 8.94. The number of rotatable bonds is 4. The molecule has 1 N–H and O–H groups in total. The zero-order chi connectivity index (χ0) is 18.3. The zero-order valence-electron chi connectivity index (χ0n) is 15.1. The number of anilines is 1. The number of imide groups is 1. The van der Waals surface area contributed by atoms with E-state index in [4.69, 9.17) is 0 Å². The normalized spacial score (nSPS) is 28.0. The van der Waals surface area contributed by atoms with Crippen molar-refractivity contribution < 1.29 is 14.4 Å². The Bertz CT molecular complexity index is 720. The number of carbonyl (C=O) groups excluding carboxylic acids is 3. The third-order valence-corrected chi connectivity index (χ3v) is 6.96. The lowest BCUT2D eigenvalue weighted by Gasteiger charge is -2.19. The number of hydrogen-bond acceptors (Lipinski definition) is 5. The average molecular weight is 375 g/mol. The number of likely N-dealkylation sites (tertiary alicyclic amines) is 1. The van der Waals surface area contributed by atoms with Gasteiger partial charge >= 0.3 is 0 Å². The van der Waals surface area contributed by atoms with Crippen molar-refractivity contribution in [2.45, 2.75) is 58.3 Å². The van der Waals surface area contributed by atoms with Crippen molar-refractivity contribution >= 4 is 34.2 Å². The molecule has 0 spiro atoms. The molecule has 3 atom stereocenters. The van der Waals surface area contributed by atoms with Gasteiger partial charge in [0.15, 0.2) is 5.13 Å². The van der Waals surface area contributed by atoms with Gasteiger partial charge in [-0.2, -0.15) is 0 Å². The number of thiazole rings is 1. The first-order valence-electron chi connectivity index (χ1n) is 9.66. The van der Waals surface area contributed by atoms with Crippen LogP contribution >= 0.6 is 11.3 Å². The fraction of sp³-hybridized carbons (Fsp3) is 0.684. The Labute approximate surface area is 157 Å². The summed E-state index contributed by atoms with van der Waals surface area (Å²) in [6.07, 6.45) is 6.93. The maximum absolute atomic E-state index is 12.4. The quantitative estimate of drug-likeness (QED) is 0.821. The molecule has 6 nitrogen and oxygen atoms in total. The van der Waals surface area contributed by atoms with Gasteiger partial charge in [0.05, 0.1) is 17.5 Å². The number of aryl methyl sites for hydroxylation is 1. The third-order valence-electron chi connectivity index (χ3n) is 5.93. The van der Waals surface area contributed by atoms with Crippen molar-refractivity contribution in [1.82, 2.24) is 9.88 Å². The Morgan fingerprint density at radius 2 is 1.88 bits per heavy atom. The van der Waals surface area contributed by atoms with E-state index in [2.05, 4.69) is 17.2 Å². The van der Waals surface area contributed by atoms with Crippen molar-refractivity contribution in [1.29, 1.82) is 0 Å². The van der Waals surface area contributed by atoms with Gasteiger partial charge in [-0.05, 0) is 38.0 Å². The van der Waals surface area contributed by atoms with Crippen LogP contribution in [-0.4, -0.2) is 34.2 Å². The second kappa shape index (κ2) is 7.10. The molecule has 4 rings (SSSR count). The molecule has 140 valence electrons. The highest BCUT2D eigenvalue weighted by Crippen LogP contribution is 2.38. The smallest absolute Gasteiger partial charge is 0.233 e. The van der Waals surface area contributed by atoms with Crippen molar-refractivity contribution in [2.24, 2.45) is 17.8 Å². The molecule has 26 heavy (non-hydrogen) atoms. The van der Waals surface area contributed by atoms with E-state index in [1.54, 1.807) is 11.3 Å². The summed E-state index contributed by atoms with van der Waals surface area (Å²) in [5.74, 6) is 0.0400. The summed E-state index contributed by atoms with van der Waals surface area (Å²) in [6, 6.07) is 0. The monoisotopic (exact) mass is 375 g/mol. The SMILES string of the molecule is C[C@@H]1CCc2nc(NC(=O)CCN3C(=O)[C@H]4CCCC[C@@H]4C3=O)sc2C1. The number of nitrogens with one attached hydrogen (secondary N) is 1. The number of amides is 3. The molecule has 1 saturated carbocycles. The average Bonchev–Trinajstić information content (AvgIpc) is 3.12. The Balaban J connectivity index is 1.33. The van der Waals surface area contributed by atoms with Crippen molar-refractivity contribution in [2.75, 3.05) is 11.9 Å². The molecule has 2 heterocycles. The molecule has 0 unspecified atom stereocenters. The van der Waals surface area contributed by atoms with Crippen molar-refractivity contribution in [3.8, 4) is 0 Å². The Morgan fingerprint density at radius 3 is 2.58 bits per heavy atom. The lowest BCUT2D eigenvalue weighted by molar-refractivity contribution is -0.140. The molecule has 3 aliphatic rings. The number of hydrogen-bond donors (Lipinski definition) is 1. The maximum atomic E-state index is 12.4. The fourth-order valence-corrected chi connectivity index (χ4v) is 5.63. The summed E-state index contributed by atoms with van der Waals surface area (Å²) in [4.78, 5) is 44.3. The summed E-state index contributed by atoms with van der Waals surface area (Å²) in [5, 5.41) is 3.49. The van der Waals surface area contributed by atoms with Crippen molar-refractivity contribution in [3.63, 3.8) is 0 Å². The summed E-state index contributed by atoms with van der Waals surface area (Å²) >= 11 is 1.55. The van der Waals surface area contributed by atoms with Crippen LogP contribution in [0.3, 0.4) is 0 Å². The van der Waals surface area contributed by atoms with Gasteiger partial charge in [-0.15, -0.1) is 11.3 Å². The van der Waals surface area contributed by atoms with Crippen LogP contribution in [0.15, 0.2) is 0 Å². The minimum atomic E-state index is -0.181. The van der Waals surface area contributed by atoms with Crippen LogP contribution in [0, 0.1) is 17.8 Å². The Kier molecular flexibility index (Phi) is 4.82. The van der Waals surface area contributed by atoms with E-state index in [1.165, 1.54) is 9.78 Å². The first-order chi connectivity index (χ1) is 12.5. The highest BCUT2D eigenvalue weighted by atomic mass is 32.1. The molecule has 1 aliphatic heterocycles. The van der Waals surface area contributed by atoms with Gasteiger partial charge < -0.3 is 5.32 Å². The van der Waals surface area contributed by atoms with Crippen LogP contribution < -0.4 is 5.32 Å². The van der Waals surface area contributed by atoms with Gasteiger partial charge in [0, 0.05) is 17.8 Å². The molecule has 1 aromatic heterocycles. The van der Waals surface area contributed by atoms with Gasteiger partial charge in [-0.25, -0.2) is 4.98 Å². The van der Waals surface area contributed by atoms with E-state index in [9.17, 15) is 14.4 Å². The van der Waals surface area contributed by atoms with E-state index in [0.717, 1.165) is 50.6 Å². The van der Waals surface area contributed by atoms with E-state index in [-0.39, 0.29) is 42.5 Å². The van der Waals surface area contributed by atoms with Crippen LogP contribution in [0.25, 0.3) is 0 Å². The van der Waals surface area contributed by atoms with Gasteiger partial charge in [0.2, 0.25) is 17.7 Å². The van der Waals surface area contributed by atoms with Crippen LogP contribution in [0.5, 0.6) is 0 Å². The number of aromatic nitrogens is 1. The summed E-state index contributed by atoms with van der Waals surface area (Å²) < 4.78 is 0. The Hall–Kier alpha value is -1.76. The standard InChI is InChI=1S/C19H25N3O3S/c1-11-6-7-14-15(10-11)26-19(20-14)21-16(23)8-9-22-17(24)12-4-2-3-5-13(12)18(22)25/h11-13H,2-10H2,1H3,(H,20,21,23)/t11-,12+,13+/m1/s1. The molecule has 1 saturated heterocycles. The summed E-state index contributed by atoms with van der Waals surface area (Å²) in [6.45, 7) is 2.42. The van der Waals surface area contributed by atoms with E-state index < -0.39 is 0 Å². The van der Waals surface area contributed by atoms with Crippen LogP contribution in [0.2, 0.25) is 0 Å². The molecular formula is C19H25N3O3S. The predicted molar refractivity (Wildman–Crippen MR) is 98.7 cm³/mol. The lowest BCUT2D eigenvalue weighted by atomic mass is 9.81. The fourth-order valence-electron chi connectivity index (χ4n) is 4.44. The third kappa shape index (κ3) is 3.29. The van der Waals surface area contributed by atoms with Gasteiger partial charge in [-0.1, -0.05) is 19.8 Å². The molecule has 0 radical (unpaired) electrons. The number of carbonyl (C=O) groups is 3. The molecule has 3 amide bonds. The molecule has 0 bridgehead atoms. The highest BCUT2D eigenvalue weighted by Gasteiger charge is 2.47. The van der Waals surface area contributed by atoms with Crippen LogP contribution in [0.4, 0.5) is 5.13 Å². The molecule has 2 aliphatic carbocycles. The van der Waals surface area contributed by atoms with E-state index >= 15 is 0 Å². The summed E-state index contributed by atoms with van der Waals surface area (Å²) in [7, 11) is 0. The van der Waals surface area contributed by atoms with Crippen LogP contribution in [-0.2, 0) is 27.2 Å². The predicted octanol–water partition coefficient (Wildman–Crippen LogP) is 2.77. The first kappa shape index (κ1) is 17.6. The second-order valence-electron chi connectivity index (χ2n) is 7.86. The number of nitrogens with zero attached hydrogens (tertiary/aromatic N) is 2. The van der Waals surface area contributed by atoms with Gasteiger partial charge in [0.25, 0.3) is 0 Å². The molecular weight excluding hydrogens is 350 g/mol. The molecule has 1 aromatic rings. The lowest BCUT2D eigenvalue weighted by Crippen LogP contribution is -2.34. The maximum Gasteiger partial charge on any atom is 0.233 e. The highest BCUT2D eigenvalue weighted by molar-refractivity contribution is 7.15. The minimum Gasteiger partial charge on any atom is -0.302 e. The van der Waals surface area contributed by atoms with Gasteiger partial charge in [-0.3, -0.25) is 19.3 Å². The van der Waals surface area contributed by atoms with Crippen molar-refractivity contribution in [3.05, 3.63) is 10.6 Å². The molecule has 2 fully saturated rings. The largest absolute Gasteiger partial charge is 0.302 e. The minimum absolute atomic E-state index is 0.0776. The summed E-state index contributed by atoms with van der Waals surface area (Å²) in [5.41, 5.74) is 1.11. The molecule has 7 heteroatoms. The first-order valence-corrected chi connectivity index (χ1v) is 10.5. The van der Waals surface area contributed by atoms with E-state index in [0.29, 0.717) is 11.0 Å². The zero-order valence-corrected chi connectivity index (χ0v) is 15.9. The Morgan fingerprint density at radius 1 is 1.19 bits per heavy atom. The number of fused-ring (bicyclic) bond motifs is 2. The van der Waals surface area contributed by atoms with E-state index in [1.807, 2.05) is 0 Å². The molecule has 0 aromatic carbocycles.